The molecule has 0 aromatic heterocycles. The highest BCUT2D eigenvalue weighted by Gasteiger charge is 2.33. The van der Waals surface area contributed by atoms with Gasteiger partial charge in [0.25, 0.3) is 0 Å². The standard InChI is InChI=1S/C13H24O4S2/c1-8(2)13(3,6-9(18)4-11(14)15)7-10(19)5-12(16)17/h8-10,18-19H,4-7H2,1-3H3,(H,14,15)(H,16,17). The van der Waals surface area contributed by atoms with E-state index in [1.807, 2.05) is 6.92 Å². The van der Waals surface area contributed by atoms with E-state index in [4.69, 9.17) is 10.2 Å². The zero-order chi connectivity index (χ0) is 15.2. The summed E-state index contributed by atoms with van der Waals surface area (Å²) >= 11 is 8.66. The second kappa shape index (κ2) is 8.04. The van der Waals surface area contributed by atoms with Crippen LogP contribution in [-0.2, 0) is 9.59 Å². The number of carboxylic acid groups (broad SMARTS) is 2. The quantitative estimate of drug-likeness (QED) is 0.494. The van der Waals surface area contributed by atoms with Crippen molar-refractivity contribution in [3.05, 3.63) is 0 Å². The Morgan fingerprint density at radius 2 is 1.32 bits per heavy atom. The first-order chi connectivity index (χ1) is 8.56. The highest BCUT2D eigenvalue weighted by atomic mass is 32.1. The van der Waals surface area contributed by atoms with Gasteiger partial charge in [-0.15, -0.1) is 0 Å². The molecule has 4 nitrogen and oxygen atoms in total. The summed E-state index contributed by atoms with van der Waals surface area (Å²) in [4.78, 5) is 21.4. The van der Waals surface area contributed by atoms with Crippen LogP contribution in [0.4, 0.5) is 0 Å². The summed E-state index contributed by atoms with van der Waals surface area (Å²) < 4.78 is 0. The Morgan fingerprint density at radius 1 is 1.00 bits per heavy atom. The molecule has 0 fully saturated rings. The lowest BCUT2D eigenvalue weighted by Gasteiger charge is -2.37. The van der Waals surface area contributed by atoms with Crippen LogP contribution >= 0.6 is 25.3 Å². The number of hydrogen-bond acceptors (Lipinski definition) is 4. The van der Waals surface area contributed by atoms with Crippen molar-refractivity contribution in [1.29, 1.82) is 0 Å². The van der Waals surface area contributed by atoms with E-state index in [9.17, 15) is 9.59 Å². The molecule has 0 saturated heterocycles. The van der Waals surface area contributed by atoms with Gasteiger partial charge in [0, 0.05) is 10.5 Å². The normalized spacial score (nSPS) is 17.8. The second-order valence-electron chi connectivity index (χ2n) is 5.72. The Morgan fingerprint density at radius 3 is 1.53 bits per heavy atom. The molecule has 112 valence electrons. The zero-order valence-electron chi connectivity index (χ0n) is 11.7. The van der Waals surface area contributed by atoms with E-state index >= 15 is 0 Å². The SMILES string of the molecule is CC(C)C(C)(CC(S)CC(=O)O)CC(S)CC(=O)O. The number of rotatable bonds is 9. The van der Waals surface area contributed by atoms with E-state index < -0.39 is 11.9 Å². The van der Waals surface area contributed by atoms with E-state index in [0.29, 0.717) is 18.8 Å². The van der Waals surface area contributed by atoms with E-state index in [0.717, 1.165) is 0 Å². The van der Waals surface area contributed by atoms with Crippen LogP contribution in [0.2, 0.25) is 0 Å². The lowest BCUT2D eigenvalue weighted by atomic mass is 9.71. The third kappa shape index (κ3) is 7.72. The molecule has 0 aliphatic heterocycles. The molecule has 6 heteroatoms. The van der Waals surface area contributed by atoms with Gasteiger partial charge in [0.05, 0.1) is 12.8 Å². The maximum atomic E-state index is 10.7. The molecule has 2 atom stereocenters. The Kier molecular flexibility index (Phi) is 7.89. The van der Waals surface area contributed by atoms with Crippen LogP contribution in [0.5, 0.6) is 0 Å². The van der Waals surface area contributed by atoms with Gasteiger partial charge in [-0.25, -0.2) is 0 Å². The largest absolute Gasteiger partial charge is 0.481 e. The number of carbonyl (C=O) groups is 2. The van der Waals surface area contributed by atoms with E-state index in [1.165, 1.54) is 0 Å². The molecule has 0 aliphatic rings. The van der Waals surface area contributed by atoms with Gasteiger partial charge >= 0.3 is 11.9 Å². The maximum absolute atomic E-state index is 10.7. The Labute approximate surface area is 125 Å². The third-order valence-corrected chi connectivity index (χ3v) is 4.35. The summed E-state index contributed by atoms with van der Waals surface area (Å²) in [5.74, 6) is -1.42. The zero-order valence-corrected chi connectivity index (χ0v) is 13.5. The summed E-state index contributed by atoms with van der Waals surface area (Å²) in [6, 6.07) is 0. The Balaban J connectivity index is 4.66. The fourth-order valence-corrected chi connectivity index (χ4v) is 3.33. The highest BCUT2D eigenvalue weighted by Crippen LogP contribution is 2.40. The first kappa shape index (κ1) is 18.6. The summed E-state index contributed by atoms with van der Waals surface area (Å²) in [7, 11) is 0. The summed E-state index contributed by atoms with van der Waals surface area (Å²) in [6.07, 6.45) is 1.30. The molecule has 2 unspecified atom stereocenters. The number of hydrogen-bond donors (Lipinski definition) is 4. The third-order valence-electron chi connectivity index (χ3n) is 3.62. The fraction of sp³-hybridized carbons (Fsp3) is 0.846. The van der Waals surface area contributed by atoms with Crippen molar-refractivity contribution >= 4 is 37.2 Å². The first-order valence-electron chi connectivity index (χ1n) is 6.36. The van der Waals surface area contributed by atoms with Crippen LogP contribution < -0.4 is 0 Å². The van der Waals surface area contributed by atoms with Crippen LogP contribution in [0, 0.1) is 11.3 Å². The predicted molar refractivity (Wildman–Crippen MR) is 82.2 cm³/mol. The van der Waals surface area contributed by atoms with Crippen molar-refractivity contribution < 1.29 is 19.8 Å². The molecule has 2 N–H and O–H groups in total. The molecule has 0 aromatic carbocycles. The Bertz CT molecular complexity index is 294. The fourth-order valence-electron chi connectivity index (χ4n) is 2.18. The topological polar surface area (TPSA) is 74.6 Å². The molecule has 0 aromatic rings. The summed E-state index contributed by atoms with van der Waals surface area (Å²) in [6.45, 7) is 6.17. The molecule has 0 bridgehead atoms. The van der Waals surface area contributed by atoms with E-state index in [1.54, 1.807) is 0 Å². The minimum absolute atomic E-state index is 0.0155. The van der Waals surface area contributed by atoms with Gasteiger partial charge in [-0.3, -0.25) is 9.59 Å². The van der Waals surface area contributed by atoms with Gasteiger partial charge in [-0.2, -0.15) is 25.3 Å². The minimum Gasteiger partial charge on any atom is -0.481 e. The van der Waals surface area contributed by atoms with Crippen molar-refractivity contribution in [2.75, 3.05) is 0 Å². The lowest BCUT2D eigenvalue weighted by Crippen LogP contribution is -2.31. The summed E-state index contributed by atoms with van der Waals surface area (Å²) in [5.41, 5.74) is -0.163. The van der Waals surface area contributed by atoms with Crippen LogP contribution in [0.15, 0.2) is 0 Å². The molecular formula is C13H24O4S2. The molecule has 0 aliphatic carbocycles. The minimum atomic E-state index is -0.862. The van der Waals surface area contributed by atoms with Gasteiger partial charge < -0.3 is 10.2 Å². The maximum Gasteiger partial charge on any atom is 0.304 e. The van der Waals surface area contributed by atoms with Crippen LogP contribution in [-0.4, -0.2) is 32.7 Å². The van der Waals surface area contributed by atoms with E-state index in [2.05, 4.69) is 39.1 Å². The number of aliphatic carboxylic acids is 2. The van der Waals surface area contributed by atoms with Crippen LogP contribution in [0.1, 0.15) is 46.5 Å². The van der Waals surface area contributed by atoms with Gasteiger partial charge in [0.1, 0.15) is 0 Å². The average molecular weight is 308 g/mol. The number of thiol groups is 2. The lowest BCUT2D eigenvalue weighted by molar-refractivity contribution is -0.137. The molecule has 0 spiro atoms. The smallest absolute Gasteiger partial charge is 0.304 e. The van der Waals surface area contributed by atoms with Crippen LogP contribution in [0.3, 0.4) is 0 Å². The molecule has 0 rings (SSSR count). The van der Waals surface area contributed by atoms with Crippen molar-refractivity contribution in [2.24, 2.45) is 11.3 Å². The first-order valence-corrected chi connectivity index (χ1v) is 7.40. The van der Waals surface area contributed by atoms with Gasteiger partial charge in [-0.1, -0.05) is 20.8 Å². The predicted octanol–water partition coefficient (Wildman–Crippen LogP) is 2.98. The molecular weight excluding hydrogens is 284 g/mol. The van der Waals surface area contributed by atoms with Gasteiger partial charge in [-0.05, 0) is 24.2 Å². The molecule has 0 heterocycles. The number of carboxylic acids is 2. The molecule has 0 amide bonds. The van der Waals surface area contributed by atoms with Crippen LogP contribution in [0.25, 0.3) is 0 Å². The van der Waals surface area contributed by atoms with Gasteiger partial charge in [0.2, 0.25) is 0 Å². The van der Waals surface area contributed by atoms with Gasteiger partial charge in [0.15, 0.2) is 0 Å². The van der Waals surface area contributed by atoms with Crippen molar-refractivity contribution in [3.8, 4) is 0 Å². The van der Waals surface area contributed by atoms with E-state index in [-0.39, 0.29) is 28.8 Å². The average Bonchev–Trinajstić information content (AvgIpc) is 2.12. The van der Waals surface area contributed by atoms with Crippen molar-refractivity contribution in [1.82, 2.24) is 0 Å². The highest BCUT2D eigenvalue weighted by molar-refractivity contribution is 7.81. The molecule has 19 heavy (non-hydrogen) atoms. The molecule has 0 radical (unpaired) electrons. The summed E-state index contributed by atoms with van der Waals surface area (Å²) in [5, 5.41) is 17.1. The van der Waals surface area contributed by atoms with Crippen molar-refractivity contribution in [2.45, 2.75) is 57.0 Å². The Hall–Kier alpha value is -0.360. The molecule has 0 saturated carbocycles. The van der Waals surface area contributed by atoms with Crippen molar-refractivity contribution in [3.63, 3.8) is 0 Å². The monoisotopic (exact) mass is 308 g/mol. The second-order valence-corrected chi connectivity index (χ2v) is 7.18.